The average molecular weight is 413 g/mol. The molecule has 0 bridgehead atoms. The number of hydrogen-bond acceptors (Lipinski definition) is 5. The third-order valence-corrected chi connectivity index (χ3v) is 4.56. The van der Waals surface area contributed by atoms with E-state index < -0.39 is 28.3 Å². The first-order valence-electron chi connectivity index (χ1n) is 7.72. The van der Waals surface area contributed by atoms with E-state index in [4.69, 9.17) is 0 Å². The van der Waals surface area contributed by atoms with Gasteiger partial charge in [-0.2, -0.15) is 13.2 Å². The highest BCUT2D eigenvalue weighted by Crippen LogP contribution is 2.36. The van der Waals surface area contributed by atoms with Gasteiger partial charge < -0.3 is 10.6 Å². The van der Waals surface area contributed by atoms with Gasteiger partial charge in [0.1, 0.15) is 0 Å². The average Bonchev–Trinajstić information content (AvgIpc) is 2.65. The number of alkyl halides is 3. The lowest BCUT2D eigenvalue weighted by atomic mass is 10.2. The second-order valence-corrected chi connectivity index (χ2v) is 6.45. The van der Waals surface area contributed by atoms with Crippen molar-refractivity contribution in [3.8, 4) is 0 Å². The Balaban J connectivity index is 2.04. The lowest BCUT2D eigenvalue weighted by Crippen LogP contribution is -2.18. The second-order valence-electron chi connectivity index (χ2n) is 5.43. The number of rotatable bonds is 6. The third kappa shape index (κ3) is 5.46. The number of thioether (sulfide) groups is 1. The van der Waals surface area contributed by atoms with Gasteiger partial charge in [-0.25, -0.2) is 0 Å². The van der Waals surface area contributed by atoms with Crippen LogP contribution in [0.5, 0.6) is 0 Å². The fourth-order valence-electron chi connectivity index (χ4n) is 2.15. The number of anilines is 1. The smallest absolute Gasteiger partial charge is 0.355 e. The first-order valence-corrected chi connectivity index (χ1v) is 8.71. The molecule has 0 spiro atoms. The van der Waals surface area contributed by atoms with E-state index in [-0.39, 0.29) is 16.6 Å². The molecule has 11 heteroatoms. The van der Waals surface area contributed by atoms with Crippen LogP contribution in [0.4, 0.5) is 24.5 Å². The summed E-state index contributed by atoms with van der Waals surface area (Å²) >= 11 is 0.749. The normalized spacial score (nSPS) is 11.0. The van der Waals surface area contributed by atoms with Gasteiger partial charge in [-0.3, -0.25) is 19.7 Å². The fraction of sp³-hybridized carbons (Fsp3) is 0.176. The largest absolute Gasteiger partial charge is 0.416 e. The topological polar surface area (TPSA) is 101 Å². The van der Waals surface area contributed by atoms with Crippen molar-refractivity contribution in [3.63, 3.8) is 0 Å². The molecule has 0 fully saturated rings. The second kappa shape index (κ2) is 8.74. The molecule has 2 N–H and O–H groups in total. The minimum absolute atomic E-state index is 0.0527. The Hall–Kier alpha value is -3.08. The summed E-state index contributed by atoms with van der Waals surface area (Å²) in [4.78, 5) is 33.5. The maximum atomic E-state index is 12.7. The maximum absolute atomic E-state index is 12.7. The molecule has 148 valence electrons. The van der Waals surface area contributed by atoms with Crippen molar-refractivity contribution in [1.29, 1.82) is 0 Å². The zero-order valence-corrected chi connectivity index (χ0v) is 15.2. The van der Waals surface area contributed by atoms with Gasteiger partial charge in [0, 0.05) is 24.4 Å². The molecule has 0 aliphatic heterocycles. The third-order valence-electron chi connectivity index (χ3n) is 3.50. The lowest BCUT2D eigenvalue weighted by molar-refractivity contribution is -0.388. The molecule has 28 heavy (non-hydrogen) atoms. The van der Waals surface area contributed by atoms with Crippen molar-refractivity contribution in [3.05, 3.63) is 63.7 Å². The Morgan fingerprint density at radius 1 is 1.14 bits per heavy atom. The van der Waals surface area contributed by atoms with Crippen molar-refractivity contribution >= 4 is 35.0 Å². The molecule has 0 aromatic heterocycles. The van der Waals surface area contributed by atoms with Gasteiger partial charge in [0.25, 0.3) is 11.6 Å². The van der Waals surface area contributed by atoms with Crippen LogP contribution in [-0.4, -0.2) is 29.5 Å². The standard InChI is InChI=1S/C17H14F3N3O4S/c1-21-16(25)10-2-5-12(6-3-10)22-15(24)9-28-14-7-4-11(17(18,19)20)8-13(14)23(26)27/h2-8H,9H2,1H3,(H,21,25)(H,22,24). The monoisotopic (exact) mass is 413 g/mol. The van der Waals surface area contributed by atoms with Crippen molar-refractivity contribution in [1.82, 2.24) is 5.32 Å². The first-order chi connectivity index (χ1) is 13.1. The molecular weight excluding hydrogens is 399 g/mol. The van der Waals surface area contributed by atoms with Crippen LogP contribution in [0.25, 0.3) is 0 Å². The highest BCUT2D eigenvalue weighted by atomic mass is 32.2. The summed E-state index contributed by atoms with van der Waals surface area (Å²) in [6.07, 6.45) is -4.70. The van der Waals surface area contributed by atoms with E-state index in [0.717, 1.165) is 23.9 Å². The first kappa shape index (κ1) is 21.2. The molecule has 2 rings (SSSR count). The number of carbonyl (C=O) groups is 2. The van der Waals surface area contributed by atoms with Gasteiger partial charge in [0.15, 0.2) is 0 Å². The van der Waals surface area contributed by atoms with E-state index >= 15 is 0 Å². The number of carbonyl (C=O) groups excluding carboxylic acids is 2. The molecule has 0 unspecified atom stereocenters. The Kier molecular flexibility index (Phi) is 6.62. The van der Waals surface area contributed by atoms with Crippen molar-refractivity contribution < 1.29 is 27.7 Å². The highest BCUT2D eigenvalue weighted by Gasteiger charge is 2.33. The van der Waals surface area contributed by atoms with Gasteiger partial charge in [-0.15, -0.1) is 11.8 Å². The molecule has 0 radical (unpaired) electrons. The lowest BCUT2D eigenvalue weighted by Gasteiger charge is -2.09. The predicted octanol–water partition coefficient (Wildman–Crippen LogP) is 3.70. The van der Waals surface area contributed by atoms with E-state index in [9.17, 15) is 32.9 Å². The van der Waals surface area contributed by atoms with Crippen molar-refractivity contribution in [2.75, 3.05) is 18.1 Å². The molecule has 0 heterocycles. The van der Waals surface area contributed by atoms with Gasteiger partial charge >= 0.3 is 6.18 Å². The van der Waals surface area contributed by atoms with Crippen molar-refractivity contribution in [2.45, 2.75) is 11.1 Å². The van der Waals surface area contributed by atoms with Gasteiger partial charge in [0.05, 0.1) is 21.1 Å². The predicted molar refractivity (Wildman–Crippen MR) is 97.3 cm³/mol. The Bertz CT molecular complexity index is 902. The van der Waals surface area contributed by atoms with Gasteiger partial charge in [0.2, 0.25) is 5.91 Å². The number of nitrogens with one attached hydrogen (secondary N) is 2. The summed E-state index contributed by atoms with van der Waals surface area (Å²) < 4.78 is 38.1. The molecular formula is C17H14F3N3O4S. The van der Waals surface area contributed by atoms with Crippen LogP contribution in [0.3, 0.4) is 0 Å². The number of hydrogen-bond donors (Lipinski definition) is 2. The quantitative estimate of drug-likeness (QED) is 0.427. The molecule has 0 aliphatic carbocycles. The number of halogens is 3. The van der Waals surface area contributed by atoms with Crippen LogP contribution >= 0.6 is 11.8 Å². The van der Waals surface area contributed by atoms with Gasteiger partial charge in [-0.1, -0.05) is 0 Å². The minimum atomic E-state index is -4.70. The summed E-state index contributed by atoms with van der Waals surface area (Å²) in [6.45, 7) is 0. The van der Waals surface area contributed by atoms with E-state index in [1.54, 1.807) is 0 Å². The Morgan fingerprint density at radius 3 is 2.32 bits per heavy atom. The van der Waals surface area contributed by atoms with Crippen LogP contribution in [0, 0.1) is 10.1 Å². The van der Waals surface area contributed by atoms with E-state index in [0.29, 0.717) is 17.3 Å². The summed E-state index contributed by atoms with van der Waals surface area (Å²) in [6, 6.07) is 8.16. The SMILES string of the molecule is CNC(=O)c1ccc(NC(=O)CSc2ccc(C(F)(F)F)cc2[N+](=O)[O-])cc1. The fourth-order valence-corrected chi connectivity index (χ4v) is 2.95. The molecule has 0 aliphatic rings. The summed E-state index contributed by atoms with van der Waals surface area (Å²) in [5.74, 6) is -1.04. The highest BCUT2D eigenvalue weighted by molar-refractivity contribution is 8.00. The Labute approximate surface area is 161 Å². The number of benzene rings is 2. The molecule has 2 aromatic carbocycles. The van der Waals surface area contributed by atoms with Crippen LogP contribution in [-0.2, 0) is 11.0 Å². The van der Waals surface area contributed by atoms with Crippen LogP contribution in [0.2, 0.25) is 0 Å². The zero-order valence-electron chi connectivity index (χ0n) is 14.4. The van der Waals surface area contributed by atoms with Crippen molar-refractivity contribution in [2.24, 2.45) is 0 Å². The summed E-state index contributed by atoms with van der Waals surface area (Å²) in [7, 11) is 1.48. The molecule has 7 nitrogen and oxygen atoms in total. The van der Waals surface area contributed by atoms with E-state index in [2.05, 4.69) is 10.6 Å². The number of nitrogens with zero attached hydrogens (tertiary/aromatic N) is 1. The van der Waals surface area contributed by atoms with Crippen LogP contribution < -0.4 is 10.6 Å². The number of nitro benzene ring substituents is 1. The summed E-state index contributed by atoms with van der Waals surface area (Å²) in [5, 5.41) is 16.0. The number of nitro groups is 1. The van der Waals surface area contributed by atoms with E-state index in [1.807, 2.05) is 0 Å². The number of amides is 2. The minimum Gasteiger partial charge on any atom is -0.355 e. The maximum Gasteiger partial charge on any atom is 0.416 e. The molecule has 2 aromatic rings. The summed E-state index contributed by atoms with van der Waals surface area (Å²) in [5.41, 5.74) is -1.05. The van der Waals surface area contributed by atoms with Crippen LogP contribution in [0.1, 0.15) is 15.9 Å². The molecule has 0 atom stereocenters. The van der Waals surface area contributed by atoms with E-state index in [1.165, 1.54) is 31.3 Å². The molecule has 0 saturated carbocycles. The molecule has 0 saturated heterocycles. The van der Waals surface area contributed by atoms with Crippen LogP contribution in [0.15, 0.2) is 47.4 Å². The zero-order chi connectivity index (χ0) is 20.9. The molecule has 2 amide bonds. The van der Waals surface area contributed by atoms with Gasteiger partial charge in [-0.05, 0) is 36.4 Å². The Morgan fingerprint density at radius 2 is 1.79 bits per heavy atom.